The summed E-state index contributed by atoms with van der Waals surface area (Å²) in [5.74, 6) is 1.66. The highest BCUT2D eigenvalue weighted by Gasteiger charge is 2.20. The molecule has 0 unspecified atom stereocenters. The molecule has 0 atom stereocenters. The Morgan fingerprint density at radius 2 is 1.59 bits per heavy atom. The minimum atomic E-state index is 0.118. The second-order valence-corrected chi connectivity index (χ2v) is 5.55. The molecule has 0 spiro atoms. The quantitative estimate of drug-likeness (QED) is 0.743. The van der Waals surface area contributed by atoms with E-state index in [2.05, 4.69) is 16.0 Å². The molecular weight excluding hydrogens is 344 g/mol. The van der Waals surface area contributed by atoms with E-state index in [1.807, 2.05) is 18.2 Å². The van der Waals surface area contributed by atoms with Crippen molar-refractivity contribution in [2.45, 2.75) is 0 Å². The van der Waals surface area contributed by atoms with E-state index in [0.29, 0.717) is 39.8 Å². The smallest absolute Gasteiger partial charge is 0.164 e. The molecule has 27 heavy (non-hydrogen) atoms. The Hall–Kier alpha value is -3.79. The number of pyridine rings is 2. The van der Waals surface area contributed by atoms with Crippen LogP contribution in [0.4, 0.5) is 5.82 Å². The highest BCUT2D eigenvalue weighted by atomic mass is 16.5. The van der Waals surface area contributed by atoms with Crippen molar-refractivity contribution in [3.05, 3.63) is 48.2 Å². The molecule has 3 rings (SSSR count). The van der Waals surface area contributed by atoms with Crippen molar-refractivity contribution in [1.82, 2.24) is 9.97 Å². The van der Waals surface area contributed by atoms with Gasteiger partial charge in [0.05, 0.1) is 32.7 Å². The SMILES string of the molecule is COc1cc(OC)c(-c2cc(-c3ccccn3)nc(N)c2C#N)cc1OC. The molecule has 3 aromatic rings. The maximum Gasteiger partial charge on any atom is 0.164 e. The number of methoxy groups -OCH3 is 3. The standard InChI is InChI=1S/C20H18N4O3/c1-25-17-10-19(27-3)18(26-2)9-13(17)12-8-16(15-6-4-5-7-23-15)24-20(22)14(12)11-21/h4-10H,1-3H3,(H2,22,24). The second-order valence-electron chi connectivity index (χ2n) is 5.55. The summed E-state index contributed by atoms with van der Waals surface area (Å²) in [6.45, 7) is 0. The lowest BCUT2D eigenvalue weighted by Gasteiger charge is -2.16. The summed E-state index contributed by atoms with van der Waals surface area (Å²) in [6.07, 6.45) is 1.67. The molecular formula is C20H18N4O3. The highest BCUT2D eigenvalue weighted by Crippen LogP contribution is 2.42. The summed E-state index contributed by atoms with van der Waals surface area (Å²) in [5, 5.41) is 9.63. The van der Waals surface area contributed by atoms with Crippen molar-refractivity contribution in [3.8, 4) is 45.8 Å². The zero-order chi connectivity index (χ0) is 19.4. The van der Waals surface area contributed by atoms with E-state index in [1.165, 1.54) is 0 Å². The molecule has 136 valence electrons. The van der Waals surface area contributed by atoms with Crippen LogP contribution in [-0.2, 0) is 0 Å². The number of hydrogen-bond donors (Lipinski definition) is 1. The minimum Gasteiger partial charge on any atom is -0.496 e. The Balaban J connectivity index is 2.30. The molecule has 1 aromatic carbocycles. The topological polar surface area (TPSA) is 103 Å². The largest absolute Gasteiger partial charge is 0.496 e. The van der Waals surface area contributed by atoms with Gasteiger partial charge in [-0.2, -0.15) is 5.26 Å². The normalized spacial score (nSPS) is 10.1. The third-order valence-corrected chi connectivity index (χ3v) is 4.08. The fraction of sp³-hybridized carbons (Fsp3) is 0.150. The van der Waals surface area contributed by atoms with Crippen LogP contribution in [0, 0.1) is 11.3 Å². The molecule has 0 saturated heterocycles. The van der Waals surface area contributed by atoms with Gasteiger partial charge in [0.15, 0.2) is 11.5 Å². The molecule has 0 bridgehead atoms. The van der Waals surface area contributed by atoms with Gasteiger partial charge in [0, 0.05) is 23.4 Å². The van der Waals surface area contributed by atoms with Gasteiger partial charge in [0.2, 0.25) is 0 Å². The first kappa shape index (κ1) is 18.0. The number of benzene rings is 1. The van der Waals surface area contributed by atoms with Crippen LogP contribution in [0.2, 0.25) is 0 Å². The predicted molar refractivity (Wildman–Crippen MR) is 102 cm³/mol. The molecule has 7 heteroatoms. The summed E-state index contributed by atoms with van der Waals surface area (Å²) >= 11 is 0. The Bertz CT molecular complexity index is 1010. The first-order chi connectivity index (χ1) is 13.1. The third kappa shape index (κ3) is 3.33. The van der Waals surface area contributed by atoms with Gasteiger partial charge in [-0.25, -0.2) is 4.98 Å². The molecule has 7 nitrogen and oxygen atoms in total. The van der Waals surface area contributed by atoms with Crippen molar-refractivity contribution in [2.24, 2.45) is 0 Å². The van der Waals surface area contributed by atoms with Gasteiger partial charge in [-0.3, -0.25) is 4.98 Å². The summed E-state index contributed by atoms with van der Waals surface area (Å²) in [4.78, 5) is 8.64. The second kappa shape index (κ2) is 7.62. The van der Waals surface area contributed by atoms with Gasteiger partial charge in [-0.15, -0.1) is 0 Å². The summed E-state index contributed by atoms with van der Waals surface area (Å²) in [7, 11) is 4.63. The van der Waals surface area contributed by atoms with E-state index >= 15 is 0 Å². The summed E-state index contributed by atoms with van der Waals surface area (Å²) < 4.78 is 16.2. The van der Waals surface area contributed by atoms with Crippen molar-refractivity contribution in [1.29, 1.82) is 5.26 Å². The number of rotatable bonds is 5. The van der Waals surface area contributed by atoms with E-state index in [-0.39, 0.29) is 11.4 Å². The number of nitriles is 1. The summed E-state index contributed by atoms with van der Waals surface area (Å²) in [5.41, 5.74) is 8.73. The van der Waals surface area contributed by atoms with Gasteiger partial charge < -0.3 is 19.9 Å². The van der Waals surface area contributed by atoms with Gasteiger partial charge >= 0.3 is 0 Å². The van der Waals surface area contributed by atoms with Crippen molar-refractivity contribution < 1.29 is 14.2 Å². The maximum absolute atomic E-state index is 9.63. The number of hydrogen-bond acceptors (Lipinski definition) is 7. The minimum absolute atomic E-state index is 0.118. The summed E-state index contributed by atoms with van der Waals surface area (Å²) in [6, 6.07) is 12.8. The van der Waals surface area contributed by atoms with E-state index in [9.17, 15) is 5.26 Å². The van der Waals surface area contributed by atoms with Crippen LogP contribution < -0.4 is 19.9 Å². The van der Waals surface area contributed by atoms with E-state index in [4.69, 9.17) is 19.9 Å². The zero-order valence-corrected chi connectivity index (χ0v) is 15.2. The van der Waals surface area contributed by atoms with Crippen molar-refractivity contribution >= 4 is 5.82 Å². The fourth-order valence-corrected chi connectivity index (χ4v) is 2.78. The Morgan fingerprint density at radius 1 is 0.889 bits per heavy atom. The van der Waals surface area contributed by atoms with Gasteiger partial charge in [-0.05, 0) is 24.3 Å². The molecule has 0 fully saturated rings. The van der Waals surface area contributed by atoms with Crippen LogP contribution in [0.5, 0.6) is 17.2 Å². The number of nitrogens with two attached hydrogens (primary N) is 1. The zero-order valence-electron chi connectivity index (χ0n) is 15.2. The number of aromatic nitrogens is 2. The van der Waals surface area contributed by atoms with E-state index < -0.39 is 0 Å². The van der Waals surface area contributed by atoms with Crippen LogP contribution >= 0.6 is 0 Å². The molecule has 0 amide bonds. The van der Waals surface area contributed by atoms with Crippen LogP contribution in [0.15, 0.2) is 42.6 Å². The molecule has 0 saturated carbocycles. The molecule has 0 aliphatic heterocycles. The number of anilines is 1. The van der Waals surface area contributed by atoms with Gasteiger partial charge in [0.1, 0.15) is 23.2 Å². The lowest BCUT2D eigenvalue weighted by Crippen LogP contribution is -2.02. The average molecular weight is 362 g/mol. The first-order valence-corrected chi connectivity index (χ1v) is 8.05. The van der Waals surface area contributed by atoms with Crippen LogP contribution in [-0.4, -0.2) is 31.3 Å². The molecule has 2 aromatic heterocycles. The predicted octanol–water partition coefficient (Wildman–Crippen LogP) is 3.29. The highest BCUT2D eigenvalue weighted by molar-refractivity contribution is 5.84. The first-order valence-electron chi connectivity index (χ1n) is 8.05. The van der Waals surface area contributed by atoms with Crippen molar-refractivity contribution in [2.75, 3.05) is 27.1 Å². The number of ether oxygens (including phenoxy) is 3. The monoisotopic (exact) mass is 362 g/mol. The molecule has 0 radical (unpaired) electrons. The molecule has 0 aliphatic rings. The third-order valence-electron chi connectivity index (χ3n) is 4.08. The molecule has 0 aliphatic carbocycles. The Labute approximate surface area is 157 Å². The van der Waals surface area contributed by atoms with E-state index in [1.54, 1.807) is 45.7 Å². The molecule has 2 N–H and O–H groups in total. The molecule has 2 heterocycles. The number of nitrogens with zero attached hydrogens (tertiary/aromatic N) is 3. The van der Waals surface area contributed by atoms with Crippen LogP contribution in [0.1, 0.15) is 5.56 Å². The van der Waals surface area contributed by atoms with Gasteiger partial charge in [-0.1, -0.05) is 6.07 Å². The Morgan fingerprint density at radius 3 is 2.19 bits per heavy atom. The van der Waals surface area contributed by atoms with Crippen LogP contribution in [0.3, 0.4) is 0 Å². The fourth-order valence-electron chi connectivity index (χ4n) is 2.78. The lowest BCUT2D eigenvalue weighted by atomic mass is 9.98. The van der Waals surface area contributed by atoms with Crippen LogP contribution in [0.25, 0.3) is 22.5 Å². The van der Waals surface area contributed by atoms with E-state index in [0.717, 1.165) is 0 Å². The number of nitrogen functional groups attached to an aromatic ring is 1. The van der Waals surface area contributed by atoms with Gasteiger partial charge in [0.25, 0.3) is 0 Å². The average Bonchev–Trinajstić information content (AvgIpc) is 2.72. The van der Waals surface area contributed by atoms with Crippen molar-refractivity contribution in [3.63, 3.8) is 0 Å². The lowest BCUT2D eigenvalue weighted by molar-refractivity contribution is 0.349. The maximum atomic E-state index is 9.63. The Kier molecular flexibility index (Phi) is 5.08.